The first-order valence-corrected chi connectivity index (χ1v) is 14.6. The number of carbonyl (C=O) groups is 1. The Bertz CT molecular complexity index is 1700. The van der Waals surface area contributed by atoms with Gasteiger partial charge in [-0.1, -0.05) is 6.58 Å². The standard InChI is InChI=1S/C32H38FN9O4/c1-7-31(43)37-24-17-25(28(44-6)18-27(24)40(4)12-11-39(2)3)36-29-19-30(35-20-34-29)42-26(9-13-45-42)21-14-22(33)16-23(15-21)46-32-8-10-41(5)38-32/h7-8,10,14-20,26H,1,9,11-13H2,2-6H3,(H,37,43)(H,34,35,36). The van der Waals surface area contributed by atoms with Gasteiger partial charge in [0.2, 0.25) is 11.8 Å². The molecule has 4 aromatic rings. The lowest BCUT2D eigenvalue weighted by Crippen LogP contribution is -2.29. The highest BCUT2D eigenvalue weighted by Crippen LogP contribution is 2.40. The third-order valence-electron chi connectivity index (χ3n) is 7.29. The van der Waals surface area contributed by atoms with E-state index in [1.807, 2.05) is 32.1 Å². The third kappa shape index (κ3) is 7.71. The Balaban J connectivity index is 1.41. The fourth-order valence-electron chi connectivity index (χ4n) is 4.98. The number of amides is 1. The van der Waals surface area contributed by atoms with Gasteiger partial charge in [0.05, 0.1) is 36.8 Å². The predicted molar refractivity (Wildman–Crippen MR) is 174 cm³/mol. The zero-order valence-electron chi connectivity index (χ0n) is 26.5. The van der Waals surface area contributed by atoms with E-state index in [-0.39, 0.29) is 11.9 Å². The molecule has 0 bridgehead atoms. The first kappa shape index (κ1) is 32.2. The number of benzene rings is 2. The summed E-state index contributed by atoms with van der Waals surface area (Å²) in [7, 11) is 9.30. The molecule has 1 fully saturated rings. The second-order valence-corrected chi connectivity index (χ2v) is 11.0. The molecule has 0 radical (unpaired) electrons. The van der Waals surface area contributed by atoms with E-state index in [1.54, 1.807) is 54.4 Å². The molecule has 1 aliphatic rings. The van der Waals surface area contributed by atoms with Gasteiger partial charge in [0.25, 0.3) is 0 Å². The minimum absolute atomic E-state index is 0.327. The van der Waals surface area contributed by atoms with E-state index in [4.69, 9.17) is 14.3 Å². The Labute approximate surface area is 267 Å². The van der Waals surface area contributed by atoms with Crippen molar-refractivity contribution in [3.63, 3.8) is 0 Å². The summed E-state index contributed by atoms with van der Waals surface area (Å²) >= 11 is 0. The number of aryl methyl sites for hydroxylation is 1. The fourth-order valence-corrected chi connectivity index (χ4v) is 4.98. The molecule has 2 aromatic heterocycles. The van der Waals surface area contributed by atoms with E-state index in [1.165, 1.54) is 24.5 Å². The lowest BCUT2D eigenvalue weighted by Gasteiger charge is -2.26. The van der Waals surface area contributed by atoms with Crippen molar-refractivity contribution in [1.29, 1.82) is 0 Å². The molecular formula is C32H38FN9O4. The Morgan fingerprint density at radius 3 is 2.70 bits per heavy atom. The Kier molecular flexibility index (Phi) is 9.98. The van der Waals surface area contributed by atoms with Crippen LogP contribution in [0.1, 0.15) is 18.0 Å². The van der Waals surface area contributed by atoms with E-state index < -0.39 is 5.82 Å². The van der Waals surface area contributed by atoms with E-state index in [2.05, 4.69) is 37.2 Å². The molecule has 0 aliphatic carbocycles. The number of aromatic nitrogens is 4. The van der Waals surface area contributed by atoms with Crippen LogP contribution in [0, 0.1) is 5.82 Å². The summed E-state index contributed by atoms with van der Waals surface area (Å²) in [6, 6.07) is 11.3. The molecule has 3 heterocycles. The largest absolute Gasteiger partial charge is 0.494 e. The average molecular weight is 632 g/mol. The van der Waals surface area contributed by atoms with Gasteiger partial charge in [-0.2, -0.15) is 0 Å². The Hall–Kier alpha value is -5.21. The molecule has 46 heavy (non-hydrogen) atoms. The van der Waals surface area contributed by atoms with E-state index in [9.17, 15) is 9.18 Å². The highest BCUT2D eigenvalue weighted by Gasteiger charge is 2.30. The molecular weight excluding hydrogens is 593 g/mol. The van der Waals surface area contributed by atoms with Crippen LogP contribution in [0.5, 0.6) is 17.4 Å². The molecule has 13 nitrogen and oxygen atoms in total. The van der Waals surface area contributed by atoms with Crippen LogP contribution in [0.25, 0.3) is 0 Å². The van der Waals surface area contributed by atoms with Crippen molar-refractivity contribution < 1.29 is 23.5 Å². The number of carbonyl (C=O) groups excluding carboxylic acids is 1. The van der Waals surface area contributed by atoms with Crippen molar-refractivity contribution in [2.24, 2.45) is 7.05 Å². The van der Waals surface area contributed by atoms with Gasteiger partial charge in [-0.3, -0.25) is 14.3 Å². The maximum atomic E-state index is 14.7. The van der Waals surface area contributed by atoms with Gasteiger partial charge in [-0.15, -0.1) is 5.10 Å². The molecule has 242 valence electrons. The number of likely N-dealkylation sites (N-methyl/N-ethyl adjacent to an activating group) is 2. The Morgan fingerprint density at radius 2 is 1.98 bits per heavy atom. The normalized spacial score (nSPS) is 14.3. The summed E-state index contributed by atoms with van der Waals surface area (Å²) in [5.41, 5.74) is 2.57. The predicted octanol–water partition coefficient (Wildman–Crippen LogP) is 4.90. The molecule has 14 heteroatoms. The van der Waals surface area contributed by atoms with Crippen LogP contribution in [0.3, 0.4) is 0 Å². The number of anilines is 5. The number of hydrogen-bond donors (Lipinski definition) is 2. The minimum Gasteiger partial charge on any atom is -0.494 e. The highest BCUT2D eigenvalue weighted by molar-refractivity contribution is 6.02. The molecule has 1 amide bonds. The van der Waals surface area contributed by atoms with Crippen LogP contribution < -0.4 is 30.1 Å². The zero-order valence-corrected chi connectivity index (χ0v) is 26.5. The van der Waals surface area contributed by atoms with Crippen LogP contribution >= 0.6 is 0 Å². The third-order valence-corrected chi connectivity index (χ3v) is 7.29. The molecule has 1 atom stereocenters. The summed E-state index contributed by atoms with van der Waals surface area (Å²) in [6.45, 7) is 5.52. The van der Waals surface area contributed by atoms with Crippen molar-refractivity contribution in [3.8, 4) is 17.4 Å². The van der Waals surface area contributed by atoms with Gasteiger partial charge in [0, 0.05) is 64.1 Å². The number of ether oxygens (including phenoxy) is 2. The van der Waals surface area contributed by atoms with Gasteiger partial charge in [0.15, 0.2) is 5.82 Å². The maximum Gasteiger partial charge on any atom is 0.247 e. The summed E-state index contributed by atoms with van der Waals surface area (Å²) in [5, 5.41) is 12.0. The van der Waals surface area contributed by atoms with Crippen LogP contribution in [0.15, 0.2) is 67.6 Å². The topological polar surface area (TPSA) is 122 Å². The lowest BCUT2D eigenvalue weighted by atomic mass is 10.0. The SMILES string of the molecule is C=CC(=O)Nc1cc(Nc2cc(N3OCCC3c3cc(F)cc(Oc4ccn(C)n4)c3)ncn2)c(OC)cc1N(C)CCN(C)C. The van der Waals surface area contributed by atoms with Gasteiger partial charge in [0.1, 0.15) is 29.5 Å². The quantitative estimate of drug-likeness (QED) is 0.196. The summed E-state index contributed by atoms with van der Waals surface area (Å²) in [4.78, 5) is 31.3. The highest BCUT2D eigenvalue weighted by atomic mass is 19.1. The number of nitrogens with zero attached hydrogens (tertiary/aromatic N) is 7. The molecule has 5 rings (SSSR count). The molecule has 1 aliphatic heterocycles. The fraction of sp³-hybridized carbons (Fsp3) is 0.312. The molecule has 2 N–H and O–H groups in total. The molecule has 1 saturated heterocycles. The first-order valence-electron chi connectivity index (χ1n) is 14.6. The van der Waals surface area contributed by atoms with Crippen molar-refractivity contribution >= 4 is 34.6 Å². The van der Waals surface area contributed by atoms with Crippen LogP contribution in [-0.4, -0.2) is 78.5 Å². The van der Waals surface area contributed by atoms with Crippen molar-refractivity contribution in [1.82, 2.24) is 24.6 Å². The van der Waals surface area contributed by atoms with Gasteiger partial charge in [-0.25, -0.2) is 19.4 Å². The number of nitrogens with one attached hydrogen (secondary N) is 2. The van der Waals surface area contributed by atoms with E-state index >= 15 is 0 Å². The smallest absolute Gasteiger partial charge is 0.247 e. The van der Waals surface area contributed by atoms with Crippen molar-refractivity contribution in [2.45, 2.75) is 12.5 Å². The second-order valence-electron chi connectivity index (χ2n) is 11.0. The summed E-state index contributed by atoms with van der Waals surface area (Å²) in [6.07, 6.45) is 4.97. The van der Waals surface area contributed by atoms with Crippen molar-refractivity contribution in [2.75, 3.05) is 68.5 Å². The number of halogens is 1. The van der Waals surface area contributed by atoms with Gasteiger partial charge in [-0.05, 0) is 43.9 Å². The minimum atomic E-state index is -0.442. The lowest BCUT2D eigenvalue weighted by molar-refractivity contribution is -0.111. The monoisotopic (exact) mass is 631 g/mol. The first-order chi connectivity index (χ1) is 22.1. The summed E-state index contributed by atoms with van der Waals surface area (Å²) in [5.74, 6) is 1.36. The van der Waals surface area contributed by atoms with Crippen LogP contribution in [0.4, 0.5) is 33.1 Å². The molecule has 2 aromatic carbocycles. The molecule has 1 unspecified atom stereocenters. The number of hydroxylamine groups is 1. The van der Waals surface area contributed by atoms with Crippen LogP contribution in [0.2, 0.25) is 0 Å². The Morgan fingerprint density at radius 1 is 1.15 bits per heavy atom. The second kappa shape index (κ2) is 14.3. The zero-order chi connectivity index (χ0) is 32.8. The van der Waals surface area contributed by atoms with Crippen molar-refractivity contribution in [3.05, 3.63) is 79.0 Å². The average Bonchev–Trinajstić information content (AvgIpc) is 3.69. The number of methoxy groups -OCH3 is 1. The molecule has 0 spiro atoms. The maximum absolute atomic E-state index is 14.7. The van der Waals surface area contributed by atoms with E-state index in [0.29, 0.717) is 65.5 Å². The number of hydrogen-bond acceptors (Lipinski definition) is 11. The van der Waals surface area contributed by atoms with Crippen LogP contribution in [-0.2, 0) is 16.7 Å². The van der Waals surface area contributed by atoms with Gasteiger partial charge >= 0.3 is 0 Å². The van der Waals surface area contributed by atoms with E-state index in [0.717, 1.165) is 12.2 Å². The molecule has 0 saturated carbocycles. The summed E-state index contributed by atoms with van der Waals surface area (Å²) < 4.78 is 27.9. The van der Waals surface area contributed by atoms with Gasteiger partial charge < -0.3 is 29.9 Å². The number of rotatable bonds is 13.